The lowest BCUT2D eigenvalue weighted by Crippen LogP contribution is -2.14. The summed E-state index contributed by atoms with van der Waals surface area (Å²) in [4.78, 5) is 2.37. The van der Waals surface area contributed by atoms with Crippen molar-refractivity contribution in [1.82, 2.24) is 4.57 Å². The molecule has 0 unspecified atom stereocenters. The van der Waals surface area contributed by atoms with Gasteiger partial charge in [0.15, 0.2) is 0 Å². The summed E-state index contributed by atoms with van der Waals surface area (Å²) < 4.78 is 9.14. The van der Waals surface area contributed by atoms with Gasteiger partial charge in [0.1, 0.15) is 11.2 Å². The first kappa shape index (κ1) is 34.4. The van der Waals surface area contributed by atoms with Crippen LogP contribution < -0.4 is 4.90 Å². The first-order chi connectivity index (χ1) is 29.5. The molecule has 0 aliphatic heterocycles. The van der Waals surface area contributed by atoms with Crippen molar-refractivity contribution in [2.75, 3.05) is 4.90 Å². The molecule has 0 bridgehead atoms. The van der Waals surface area contributed by atoms with Crippen LogP contribution in [-0.2, 0) is 5.41 Å². The molecule has 0 spiro atoms. The largest absolute Gasteiger partial charge is 0.455 e. The SMILES string of the molecule is CC1(C)c2ccccc2-c2ccc(-c3ccc(N(c4ccccc4)c4cc(-c5cccc(-n6c7ccccc7c7ccccc76)c5)c5oc6ccccc6c5c4)cc3)cc21. The number of nitrogens with zero attached hydrogens (tertiary/aromatic N) is 2. The minimum atomic E-state index is -0.0530. The molecule has 1 aliphatic rings. The summed E-state index contributed by atoms with van der Waals surface area (Å²) in [5, 5.41) is 4.67. The molecular formula is C57H40N2O. The van der Waals surface area contributed by atoms with E-state index < -0.39 is 0 Å². The van der Waals surface area contributed by atoms with E-state index >= 15 is 0 Å². The van der Waals surface area contributed by atoms with E-state index in [9.17, 15) is 0 Å². The van der Waals surface area contributed by atoms with Gasteiger partial charge in [-0.25, -0.2) is 0 Å². The molecule has 2 heterocycles. The average Bonchev–Trinajstić information content (AvgIpc) is 3.92. The van der Waals surface area contributed by atoms with Gasteiger partial charge in [-0.1, -0.05) is 147 Å². The number of fused-ring (bicyclic) bond motifs is 9. The van der Waals surface area contributed by atoms with Crippen LogP contribution >= 0.6 is 0 Å². The van der Waals surface area contributed by atoms with E-state index in [-0.39, 0.29) is 5.41 Å². The average molecular weight is 769 g/mol. The number of para-hydroxylation sites is 4. The van der Waals surface area contributed by atoms with Crippen molar-refractivity contribution >= 4 is 60.8 Å². The van der Waals surface area contributed by atoms with Gasteiger partial charge in [0.05, 0.1) is 11.0 Å². The minimum Gasteiger partial charge on any atom is -0.455 e. The van der Waals surface area contributed by atoms with Crippen LogP contribution in [0.15, 0.2) is 211 Å². The van der Waals surface area contributed by atoms with Gasteiger partial charge < -0.3 is 13.9 Å². The standard InChI is InChI=1S/C57H40N2O/c1-57(2)51-23-10-6-19-44(51)45-32-29-38(34-52(45)57)37-27-30-41(31-28-37)58(40-16-4-3-5-17-40)43-35-49(56-50(36-43)48-22-9-13-26-55(48)60-56)39-15-14-18-42(33-39)59-53-24-11-7-20-46(53)47-21-8-12-25-54(47)59/h3-36H,1-2H3. The lowest BCUT2D eigenvalue weighted by Gasteiger charge is -2.26. The number of rotatable bonds is 6. The number of hydrogen-bond donors (Lipinski definition) is 0. The van der Waals surface area contributed by atoms with Crippen LogP contribution in [0.25, 0.3) is 82.8 Å². The van der Waals surface area contributed by atoms with Crippen molar-refractivity contribution in [2.24, 2.45) is 0 Å². The molecule has 0 radical (unpaired) electrons. The fourth-order valence-corrected chi connectivity index (χ4v) is 9.88. The number of anilines is 3. The van der Waals surface area contributed by atoms with E-state index in [4.69, 9.17) is 4.42 Å². The fourth-order valence-electron chi connectivity index (χ4n) is 9.88. The third kappa shape index (κ3) is 5.22. The zero-order chi connectivity index (χ0) is 40.0. The third-order valence-corrected chi connectivity index (χ3v) is 12.8. The lowest BCUT2D eigenvalue weighted by molar-refractivity contribution is 0.660. The number of benzene rings is 9. The Kier molecular flexibility index (Phi) is 7.58. The molecule has 0 amide bonds. The highest BCUT2D eigenvalue weighted by molar-refractivity contribution is 6.12. The molecule has 2 aromatic heterocycles. The molecule has 9 aromatic carbocycles. The number of hydrogen-bond acceptors (Lipinski definition) is 2. The molecule has 0 atom stereocenters. The van der Waals surface area contributed by atoms with E-state index in [1.54, 1.807) is 0 Å². The summed E-state index contributed by atoms with van der Waals surface area (Å²) in [5.74, 6) is 0. The second kappa shape index (κ2) is 13.2. The van der Waals surface area contributed by atoms with Gasteiger partial charge in [-0.15, -0.1) is 0 Å². The van der Waals surface area contributed by atoms with Crippen molar-refractivity contribution in [1.29, 1.82) is 0 Å². The van der Waals surface area contributed by atoms with Gasteiger partial charge >= 0.3 is 0 Å². The van der Waals surface area contributed by atoms with Gasteiger partial charge in [-0.3, -0.25) is 0 Å². The highest BCUT2D eigenvalue weighted by Crippen LogP contribution is 2.50. The summed E-state index contributed by atoms with van der Waals surface area (Å²) in [6.45, 7) is 4.69. The maximum Gasteiger partial charge on any atom is 0.143 e. The third-order valence-electron chi connectivity index (χ3n) is 12.8. The van der Waals surface area contributed by atoms with Crippen molar-refractivity contribution in [2.45, 2.75) is 19.3 Å². The smallest absolute Gasteiger partial charge is 0.143 e. The zero-order valence-electron chi connectivity index (χ0n) is 33.4. The van der Waals surface area contributed by atoms with Gasteiger partial charge in [-0.2, -0.15) is 0 Å². The zero-order valence-corrected chi connectivity index (χ0v) is 33.4. The molecule has 3 heteroatoms. The monoisotopic (exact) mass is 768 g/mol. The van der Waals surface area contributed by atoms with Crippen LogP contribution in [0.3, 0.4) is 0 Å². The van der Waals surface area contributed by atoms with Crippen molar-refractivity contribution in [3.8, 4) is 39.1 Å². The molecule has 12 rings (SSSR count). The molecule has 3 nitrogen and oxygen atoms in total. The van der Waals surface area contributed by atoms with E-state index in [2.05, 4.69) is 224 Å². The molecule has 60 heavy (non-hydrogen) atoms. The summed E-state index contributed by atoms with van der Waals surface area (Å²) >= 11 is 0. The van der Waals surface area contributed by atoms with E-state index in [1.165, 1.54) is 55.2 Å². The first-order valence-corrected chi connectivity index (χ1v) is 20.8. The summed E-state index contributed by atoms with van der Waals surface area (Å²) in [5.41, 5.74) is 18.4. The highest BCUT2D eigenvalue weighted by atomic mass is 16.3. The highest BCUT2D eigenvalue weighted by Gasteiger charge is 2.35. The predicted molar refractivity (Wildman–Crippen MR) is 251 cm³/mol. The fraction of sp³-hybridized carbons (Fsp3) is 0.0526. The molecule has 0 N–H and O–H groups in total. The van der Waals surface area contributed by atoms with E-state index in [1.807, 2.05) is 6.07 Å². The lowest BCUT2D eigenvalue weighted by atomic mass is 9.81. The second-order valence-corrected chi connectivity index (χ2v) is 16.5. The minimum absolute atomic E-state index is 0.0530. The topological polar surface area (TPSA) is 21.3 Å². The Morgan fingerprint density at radius 2 is 1.03 bits per heavy atom. The molecule has 0 fully saturated rings. The molecule has 0 saturated carbocycles. The Labute approximate surface area is 349 Å². The Hall–Kier alpha value is -7.62. The summed E-state index contributed by atoms with van der Waals surface area (Å²) in [6, 6.07) is 74.8. The molecule has 284 valence electrons. The Bertz CT molecular complexity index is 3410. The predicted octanol–water partition coefficient (Wildman–Crippen LogP) is 15.8. The first-order valence-electron chi connectivity index (χ1n) is 20.8. The van der Waals surface area contributed by atoms with Crippen LogP contribution in [0.5, 0.6) is 0 Å². The van der Waals surface area contributed by atoms with E-state index in [0.717, 1.165) is 55.8 Å². The summed E-state index contributed by atoms with van der Waals surface area (Å²) in [6.07, 6.45) is 0. The van der Waals surface area contributed by atoms with Gasteiger partial charge in [-0.05, 0) is 112 Å². The van der Waals surface area contributed by atoms with Crippen LogP contribution in [0.4, 0.5) is 17.1 Å². The normalized spacial score (nSPS) is 13.0. The Morgan fingerprint density at radius 1 is 0.400 bits per heavy atom. The molecule has 0 saturated heterocycles. The van der Waals surface area contributed by atoms with Crippen LogP contribution in [-0.4, -0.2) is 4.57 Å². The second-order valence-electron chi connectivity index (χ2n) is 16.5. The summed E-state index contributed by atoms with van der Waals surface area (Å²) in [7, 11) is 0. The maximum absolute atomic E-state index is 6.76. The Balaban J connectivity index is 1.01. The Morgan fingerprint density at radius 3 is 1.82 bits per heavy atom. The maximum atomic E-state index is 6.76. The molecule has 11 aromatic rings. The number of furan rings is 1. The van der Waals surface area contributed by atoms with Crippen molar-refractivity contribution in [3.05, 3.63) is 217 Å². The van der Waals surface area contributed by atoms with Crippen LogP contribution in [0.2, 0.25) is 0 Å². The van der Waals surface area contributed by atoms with Gasteiger partial charge in [0, 0.05) is 55.3 Å². The number of aromatic nitrogens is 1. The van der Waals surface area contributed by atoms with Crippen LogP contribution in [0.1, 0.15) is 25.0 Å². The van der Waals surface area contributed by atoms with Gasteiger partial charge in [0.2, 0.25) is 0 Å². The van der Waals surface area contributed by atoms with E-state index in [0.29, 0.717) is 0 Å². The molecular weight excluding hydrogens is 729 g/mol. The van der Waals surface area contributed by atoms with Crippen molar-refractivity contribution in [3.63, 3.8) is 0 Å². The molecule has 1 aliphatic carbocycles. The van der Waals surface area contributed by atoms with Gasteiger partial charge in [0.25, 0.3) is 0 Å². The van der Waals surface area contributed by atoms with Crippen molar-refractivity contribution < 1.29 is 4.42 Å². The quantitative estimate of drug-likeness (QED) is 0.168. The van der Waals surface area contributed by atoms with Crippen LogP contribution in [0, 0.1) is 0 Å².